The molecular weight excluding hydrogens is 446 g/mol. The summed E-state index contributed by atoms with van der Waals surface area (Å²) >= 11 is 0. The maximum atomic E-state index is 12.5. The van der Waals surface area contributed by atoms with E-state index < -0.39 is 17.1 Å². The van der Waals surface area contributed by atoms with Crippen molar-refractivity contribution in [1.29, 1.82) is 0 Å². The smallest absolute Gasteiger partial charge is 0.410 e. The second-order valence-corrected chi connectivity index (χ2v) is 12.0. The first kappa shape index (κ1) is 24.5. The van der Waals surface area contributed by atoms with E-state index in [-0.39, 0.29) is 18.1 Å². The quantitative estimate of drug-likeness (QED) is 0.639. The Bertz CT molecular complexity index is 932. The van der Waals surface area contributed by atoms with Gasteiger partial charge < -0.3 is 24.8 Å². The minimum atomic E-state index is -0.826. The number of hydrogen-bond acceptors (Lipinski definition) is 6. The summed E-state index contributed by atoms with van der Waals surface area (Å²) in [6, 6.07) is 11.6. The van der Waals surface area contributed by atoms with Crippen molar-refractivity contribution in [3.63, 3.8) is 0 Å². The predicted molar refractivity (Wildman–Crippen MR) is 131 cm³/mol. The van der Waals surface area contributed by atoms with Crippen molar-refractivity contribution < 1.29 is 24.2 Å². The molecular formula is C27H39N3O5. The van der Waals surface area contributed by atoms with Crippen molar-refractivity contribution >= 4 is 12.1 Å². The second kappa shape index (κ2) is 9.05. The van der Waals surface area contributed by atoms with Gasteiger partial charge in [-0.15, -0.1) is 0 Å². The fraction of sp³-hybridized carbons (Fsp3) is 0.704. The van der Waals surface area contributed by atoms with E-state index in [9.17, 15) is 14.7 Å². The number of carboxylic acids is 1. The van der Waals surface area contributed by atoms with Crippen LogP contribution in [0.4, 0.5) is 4.79 Å². The van der Waals surface area contributed by atoms with Crippen LogP contribution in [0.2, 0.25) is 0 Å². The number of piperidine rings is 1. The highest BCUT2D eigenvalue weighted by Crippen LogP contribution is 2.44. The first-order chi connectivity index (χ1) is 16.6. The molecule has 1 saturated carbocycles. The molecule has 1 spiro atoms. The molecule has 8 nitrogen and oxygen atoms in total. The lowest BCUT2D eigenvalue weighted by Gasteiger charge is -2.57. The molecule has 3 heterocycles. The third-order valence-corrected chi connectivity index (χ3v) is 8.12. The molecule has 1 amide bonds. The molecule has 1 aromatic rings. The average molecular weight is 486 g/mol. The summed E-state index contributed by atoms with van der Waals surface area (Å²) < 4.78 is 11.9. The third kappa shape index (κ3) is 5.34. The second-order valence-electron chi connectivity index (χ2n) is 12.0. The molecule has 3 aliphatic heterocycles. The Morgan fingerprint density at radius 1 is 1.17 bits per heavy atom. The van der Waals surface area contributed by atoms with Crippen molar-refractivity contribution in [2.45, 2.75) is 87.6 Å². The van der Waals surface area contributed by atoms with E-state index in [1.165, 1.54) is 12.0 Å². The zero-order valence-corrected chi connectivity index (χ0v) is 21.2. The summed E-state index contributed by atoms with van der Waals surface area (Å²) in [5.74, 6) is -0.218. The number of aliphatic carboxylic acids is 1. The number of carbonyl (C=O) groups is 2. The Labute approximate surface area is 207 Å². The van der Waals surface area contributed by atoms with Crippen molar-refractivity contribution in [3.05, 3.63) is 35.9 Å². The molecule has 1 unspecified atom stereocenters. The van der Waals surface area contributed by atoms with Crippen molar-refractivity contribution in [2.75, 3.05) is 32.8 Å². The van der Waals surface area contributed by atoms with Gasteiger partial charge in [-0.05, 0) is 52.0 Å². The van der Waals surface area contributed by atoms with Gasteiger partial charge in [0.2, 0.25) is 0 Å². The molecule has 5 rings (SSSR count). The summed E-state index contributed by atoms with van der Waals surface area (Å²) in [6.45, 7) is 8.64. The van der Waals surface area contributed by atoms with Crippen molar-refractivity contribution in [3.8, 4) is 0 Å². The van der Waals surface area contributed by atoms with Gasteiger partial charge in [0.25, 0.3) is 0 Å². The van der Waals surface area contributed by atoms with Crippen LogP contribution in [0, 0.1) is 0 Å². The number of ether oxygens (including phenoxy) is 2. The lowest BCUT2D eigenvalue weighted by molar-refractivity contribution is -0.150. The van der Waals surface area contributed by atoms with E-state index >= 15 is 0 Å². The van der Waals surface area contributed by atoms with E-state index in [1.807, 2.05) is 20.8 Å². The molecule has 1 aromatic carbocycles. The Kier molecular flexibility index (Phi) is 6.34. The fourth-order valence-electron chi connectivity index (χ4n) is 6.26. The topological polar surface area (TPSA) is 91.3 Å². The first-order valence-corrected chi connectivity index (χ1v) is 13.0. The molecule has 192 valence electrons. The van der Waals surface area contributed by atoms with E-state index in [4.69, 9.17) is 9.47 Å². The van der Waals surface area contributed by atoms with Crippen LogP contribution in [0.3, 0.4) is 0 Å². The van der Waals surface area contributed by atoms with Gasteiger partial charge in [0.1, 0.15) is 5.60 Å². The van der Waals surface area contributed by atoms with Crippen LogP contribution in [0.5, 0.6) is 0 Å². The molecule has 4 aliphatic rings. The van der Waals surface area contributed by atoms with E-state index in [0.717, 1.165) is 39.0 Å². The number of carbonyl (C=O) groups excluding carboxylic acids is 1. The molecule has 35 heavy (non-hydrogen) atoms. The largest absolute Gasteiger partial charge is 0.481 e. The maximum Gasteiger partial charge on any atom is 0.410 e. The summed E-state index contributed by atoms with van der Waals surface area (Å²) in [4.78, 5) is 28.1. The molecule has 4 fully saturated rings. The van der Waals surface area contributed by atoms with Gasteiger partial charge in [-0.3, -0.25) is 9.69 Å². The molecule has 0 radical (unpaired) electrons. The first-order valence-electron chi connectivity index (χ1n) is 13.0. The minimum absolute atomic E-state index is 0.0346. The van der Waals surface area contributed by atoms with Gasteiger partial charge in [-0.1, -0.05) is 30.3 Å². The van der Waals surface area contributed by atoms with Crippen LogP contribution >= 0.6 is 0 Å². The zero-order valence-electron chi connectivity index (χ0n) is 21.2. The highest BCUT2D eigenvalue weighted by molar-refractivity contribution is 5.73. The Morgan fingerprint density at radius 2 is 1.86 bits per heavy atom. The summed E-state index contributed by atoms with van der Waals surface area (Å²) in [5.41, 5.74) is 0.213. The van der Waals surface area contributed by atoms with Crippen LogP contribution in [0.15, 0.2) is 30.3 Å². The van der Waals surface area contributed by atoms with E-state index in [2.05, 4.69) is 40.5 Å². The molecule has 1 aliphatic carbocycles. The number of hydrogen-bond donors (Lipinski definition) is 2. The Hall–Kier alpha value is -2.16. The highest BCUT2D eigenvalue weighted by atomic mass is 16.6. The van der Waals surface area contributed by atoms with Gasteiger partial charge >= 0.3 is 12.1 Å². The molecule has 0 aromatic heterocycles. The van der Waals surface area contributed by atoms with Gasteiger partial charge in [0.05, 0.1) is 24.2 Å². The average Bonchev–Trinajstić information content (AvgIpc) is 3.43. The normalized spacial score (nSPS) is 29.6. The standard InChI is InChI=1S/C27H39N3O5/c1-25(2,3)35-24(33)29-17-26(18-29,15-23(31)32)30-11-9-27(10-12-30)14-20(16-34-27)28-22-13-21(22)19-7-5-4-6-8-19/h4-8,20-22,28H,9-18H2,1-3H3,(H,31,32)/t20?,21-,22+/m0/s1. The molecule has 2 N–H and O–H groups in total. The highest BCUT2D eigenvalue weighted by Gasteiger charge is 2.54. The van der Waals surface area contributed by atoms with Crippen LogP contribution in [0.1, 0.15) is 64.4 Å². The van der Waals surface area contributed by atoms with Gasteiger partial charge in [-0.2, -0.15) is 0 Å². The van der Waals surface area contributed by atoms with Crippen LogP contribution in [0.25, 0.3) is 0 Å². The summed E-state index contributed by atoms with van der Waals surface area (Å²) in [7, 11) is 0. The summed E-state index contributed by atoms with van der Waals surface area (Å²) in [6.07, 6.45) is 3.65. The van der Waals surface area contributed by atoms with Crippen LogP contribution in [-0.4, -0.2) is 88.6 Å². The SMILES string of the molecule is CC(C)(C)OC(=O)N1CC(CC(=O)O)(N2CCC3(CC2)CC(N[C@@H]2C[C@H]2c2ccccc2)CO3)C1. The van der Waals surface area contributed by atoms with Gasteiger partial charge in [0, 0.05) is 44.2 Å². The van der Waals surface area contributed by atoms with Crippen LogP contribution < -0.4 is 5.32 Å². The maximum absolute atomic E-state index is 12.5. The van der Waals surface area contributed by atoms with Crippen molar-refractivity contribution in [2.24, 2.45) is 0 Å². The lowest BCUT2D eigenvalue weighted by atomic mass is 9.79. The molecule has 3 atom stereocenters. The number of rotatable bonds is 6. The number of benzene rings is 1. The third-order valence-electron chi connectivity index (χ3n) is 8.12. The Morgan fingerprint density at radius 3 is 2.49 bits per heavy atom. The fourth-order valence-corrected chi connectivity index (χ4v) is 6.26. The van der Waals surface area contributed by atoms with Gasteiger partial charge in [0.15, 0.2) is 0 Å². The van der Waals surface area contributed by atoms with E-state index in [0.29, 0.717) is 31.1 Å². The van der Waals surface area contributed by atoms with Crippen molar-refractivity contribution in [1.82, 2.24) is 15.1 Å². The zero-order chi connectivity index (χ0) is 24.8. The summed E-state index contributed by atoms with van der Waals surface area (Å²) in [5, 5.41) is 13.4. The number of carboxylic acid groups (broad SMARTS) is 1. The molecule has 3 saturated heterocycles. The number of amides is 1. The monoisotopic (exact) mass is 485 g/mol. The molecule has 8 heteroatoms. The number of nitrogens with zero attached hydrogens (tertiary/aromatic N) is 2. The predicted octanol–water partition coefficient (Wildman–Crippen LogP) is 3.22. The van der Waals surface area contributed by atoms with Crippen LogP contribution in [-0.2, 0) is 14.3 Å². The number of likely N-dealkylation sites (tertiary alicyclic amines) is 2. The lowest BCUT2D eigenvalue weighted by Crippen LogP contribution is -2.73. The van der Waals surface area contributed by atoms with E-state index in [1.54, 1.807) is 4.90 Å². The van der Waals surface area contributed by atoms with Gasteiger partial charge in [-0.25, -0.2) is 4.79 Å². The minimum Gasteiger partial charge on any atom is -0.481 e. The Balaban J connectivity index is 1.13. The number of nitrogens with one attached hydrogen (secondary N) is 1. The molecule has 0 bridgehead atoms.